The van der Waals surface area contributed by atoms with Gasteiger partial charge in [-0.1, -0.05) is 0 Å². The van der Waals surface area contributed by atoms with Gasteiger partial charge in [-0.15, -0.1) is 0 Å². The Morgan fingerprint density at radius 2 is 2.17 bits per heavy atom. The minimum absolute atomic E-state index is 0. The molecule has 0 amide bonds. The van der Waals surface area contributed by atoms with Gasteiger partial charge in [0.05, 0.1) is 5.39 Å². The van der Waals surface area contributed by atoms with Crippen molar-refractivity contribution in [3.8, 4) is 5.75 Å². The van der Waals surface area contributed by atoms with Crippen molar-refractivity contribution in [3.05, 3.63) is 24.4 Å². The van der Waals surface area contributed by atoms with Crippen LogP contribution in [0.5, 0.6) is 5.75 Å². The summed E-state index contributed by atoms with van der Waals surface area (Å²) >= 11 is 0. The molecule has 0 aliphatic carbocycles. The molecular formula is C8H9NO3. The van der Waals surface area contributed by atoms with E-state index in [0.717, 1.165) is 5.39 Å². The quantitative estimate of drug-likeness (QED) is 0.590. The number of phenols is 1. The number of nitrogens with zero attached hydrogens (tertiary/aromatic N) is 1. The second-order valence-corrected chi connectivity index (χ2v) is 2.49. The first kappa shape index (κ1) is 8.55. The van der Waals surface area contributed by atoms with Crippen molar-refractivity contribution in [1.82, 2.24) is 0 Å². The Morgan fingerprint density at radius 1 is 1.42 bits per heavy atom. The highest BCUT2D eigenvalue weighted by Crippen LogP contribution is 2.17. The van der Waals surface area contributed by atoms with E-state index in [4.69, 9.17) is 9.63 Å². The summed E-state index contributed by atoms with van der Waals surface area (Å²) in [5.74, 6) is 0.229. The molecule has 1 aromatic carbocycles. The molecule has 0 aliphatic heterocycles. The summed E-state index contributed by atoms with van der Waals surface area (Å²) < 4.78 is 6.81. The second-order valence-electron chi connectivity index (χ2n) is 2.49. The molecule has 0 saturated heterocycles. The highest BCUT2D eigenvalue weighted by atomic mass is 16.5. The van der Waals surface area contributed by atoms with Gasteiger partial charge in [0.15, 0.2) is 7.05 Å². The molecule has 0 radical (unpaired) electrons. The summed E-state index contributed by atoms with van der Waals surface area (Å²) in [4.78, 5) is 0. The number of hydrogen-bond acceptors (Lipinski definition) is 3. The van der Waals surface area contributed by atoms with Crippen LogP contribution in [0.15, 0.2) is 28.9 Å². The van der Waals surface area contributed by atoms with E-state index in [9.17, 15) is 0 Å². The van der Waals surface area contributed by atoms with Gasteiger partial charge in [-0.3, -0.25) is 0 Å². The molecule has 12 heavy (non-hydrogen) atoms. The van der Waals surface area contributed by atoms with E-state index >= 15 is 0 Å². The Morgan fingerprint density at radius 3 is 2.92 bits per heavy atom. The van der Waals surface area contributed by atoms with Crippen LogP contribution in [0.25, 0.3) is 11.0 Å². The van der Waals surface area contributed by atoms with Crippen LogP contribution >= 0.6 is 0 Å². The fraction of sp³-hybridized carbons (Fsp3) is 0.125. The highest BCUT2D eigenvalue weighted by molar-refractivity contribution is 5.76. The molecule has 0 aliphatic rings. The van der Waals surface area contributed by atoms with Gasteiger partial charge < -0.3 is 10.6 Å². The molecule has 2 rings (SSSR count). The highest BCUT2D eigenvalue weighted by Gasteiger charge is 2.05. The molecule has 2 aromatic rings. The summed E-state index contributed by atoms with van der Waals surface area (Å²) in [6, 6.07) is 5.04. The zero-order chi connectivity index (χ0) is 7.84. The minimum atomic E-state index is 0. The molecule has 4 heteroatoms. The lowest BCUT2D eigenvalue weighted by atomic mass is 10.2. The van der Waals surface area contributed by atoms with Crippen molar-refractivity contribution in [2.75, 3.05) is 0 Å². The van der Waals surface area contributed by atoms with Crippen LogP contribution in [0.4, 0.5) is 0 Å². The fourth-order valence-corrected chi connectivity index (χ4v) is 1.09. The van der Waals surface area contributed by atoms with Crippen LogP contribution in [0.1, 0.15) is 0 Å². The molecule has 1 aromatic heterocycles. The number of aromatic hydroxyl groups is 1. The van der Waals surface area contributed by atoms with Gasteiger partial charge in [0.1, 0.15) is 5.75 Å². The summed E-state index contributed by atoms with van der Waals surface area (Å²) in [5, 5.41) is 10.1. The molecule has 4 nitrogen and oxygen atoms in total. The number of aromatic nitrogens is 1. The third kappa shape index (κ3) is 1.24. The summed E-state index contributed by atoms with van der Waals surface area (Å²) in [6.45, 7) is 0. The van der Waals surface area contributed by atoms with Crippen LogP contribution in [0.2, 0.25) is 0 Å². The SMILES string of the molecule is C[n+]1cc2ccc(O)cc2o1.[OH-]. The largest absolute Gasteiger partial charge is 0.870 e. The topological polar surface area (TPSA) is 67.2 Å². The lowest BCUT2D eigenvalue weighted by Crippen LogP contribution is -2.22. The van der Waals surface area contributed by atoms with E-state index in [0.29, 0.717) is 5.58 Å². The Bertz CT molecular complexity index is 394. The zero-order valence-corrected chi connectivity index (χ0v) is 6.56. The summed E-state index contributed by atoms with van der Waals surface area (Å²) in [7, 11) is 1.80. The molecule has 1 heterocycles. The Balaban J connectivity index is 0.000000720. The van der Waals surface area contributed by atoms with Gasteiger partial charge in [-0.2, -0.15) is 0 Å². The average molecular weight is 167 g/mol. The van der Waals surface area contributed by atoms with Gasteiger partial charge in [0.2, 0.25) is 11.8 Å². The van der Waals surface area contributed by atoms with Crippen molar-refractivity contribution < 1.29 is 19.8 Å². The normalized spacial score (nSPS) is 9.75. The maximum atomic E-state index is 9.07. The van der Waals surface area contributed by atoms with Crippen LogP contribution in [0.3, 0.4) is 0 Å². The number of fused-ring (bicyclic) bond motifs is 1. The van der Waals surface area contributed by atoms with Gasteiger partial charge in [0.25, 0.3) is 0 Å². The zero-order valence-electron chi connectivity index (χ0n) is 6.56. The maximum Gasteiger partial charge on any atom is 0.227 e. The van der Waals surface area contributed by atoms with Crippen LogP contribution in [-0.4, -0.2) is 10.6 Å². The molecule has 0 unspecified atom stereocenters. The van der Waals surface area contributed by atoms with Crippen LogP contribution < -0.4 is 4.74 Å². The van der Waals surface area contributed by atoms with Crippen molar-refractivity contribution in [2.24, 2.45) is 7.05 Å². The van der Waals surface area contributed by atoms with E-state index < -0.39 is 0 Å². The minimum Gasteiger partial charge on any atom is -0.870 e. The standard InChI is InChI=1S/C8H7NO2.H2O/c1-9-5-6-2-3-7(10)4-8(6)11-9;/h2-5H,1H3;1H2. The van der Waals surface area contributed by atoms with Crippen molar-refractivity contribution >= 4 is 11.0 Å². The number of hydrogen-bond donors (Lipinski definition) is 1. The Hall–Kier alpha value is -1.55. The molecule has 64 valence electrons. The first-order valence-corrected chi connectivity index (χ1v) is 3.34. The predicted octanol–water partition coefficient (Wildman–Crippen LogP) is 0.786. The molecule has 0 spiro atoms. The Kier molecular flexibility index (Phi) is 2.01. The van der Waals surface area contributed by atoms with E-state index in [2.05, 4.69) is 0 Å². The van der Waals surface area contributed by atoms with E-state index in [1.54, 1.807) is 23.9 Å². The first-order valence-electron chi connectivity index (χ1n) is 3.34. The van der Waals surface area contributed by atoms with Gasteiger partial charge in [0, 0.05) is 6.07 Å². The summed E-state index contributed by atoms with van der Waals surface area (Å²) in [5.41, 5.74) is 0.701. The van der Waals surface area contributed by atoms with Crippen LogP contribution in [-0.2, 0) is 7.05 Å². The number of phenolic OH excluding ortho intramolecular Hbond substituents is 1. The van der Waals surface area contributed by atoms with Gasteiger partial charge in [-0.25, -0.2) is 4.52 Å². The van der Waals surface area contributed by atoms with Crippen LogP contribution in [0, 0.1) is 0 Å². The van der Waals surface area contributed by atoms with E-state index in [1.807, 2.05) is 12.3 Å². The molecule has 0 saturated carbocycles. The third-order valence-electron chi connectivity index (χ3n) is 1.56. The fourth-order valence-electron chi connectivity index (χ4n) is 1.09. The molecule has 0 atom stereocenters. The van der Waals surface area contributed by atoms with Crippen molar-refractivity contribution in [3.63, 3.8) is 0 Å². The number of aryl methyl sites for hydroxylation is 1. The maximum absolute atomic E-state index is 9.07. The van der Waals surface area contributed by atoms with E-state index in [1.165, 1.54) is 0 Å². The van der Waals surface area contributed by atoms with Gasteiger partial charge in [-0.05, 0) is 16.9 Å². The lowest BCUT2D eigenvalue weighted by molar-refractivity contribution is -0.841. The monoisotopic (exact) mass is 167 g/mol. The first-order chi connectivity index (χ1) is 5.25. The van der Waals surface area contributed by atoms with Gasteiger partial charge >= 0.3 is 0 Å². The number of benzene rings is 1. The Labute approximate surface area is 68.9 Å². The van der Waals surface area contributed by atoms with Crippen molar-refractivity contribution in [1.29, 1.82) is 0 Å². The molecular weight excluding hydrogens is 158 g/mol. The van der Waals surface area contributed by atoms with E-state index in [-0.39, 0.29) is 11.2 Å². The second kappa shape index (κ2) is 2.83. The number of rotatable bonds is 0. The molecule has 0 bridgehead atoms. The molecule has 2 N–H and O–H groups in total. The lowest BCUT2D eigenvalue weighted by Gasteiger charge is -1.84. The summed E-state index contributed by atoms with van der Waals surface area (Å²) in [6.07, 6.45) is 1.86. The molecule has 0 fully saturated rings. The third-order valence-corrected chi connectivity index (χ3v) is 1.56. The average Bonchev–Trinajstić information content (AvgIpc) is 2.27. The predicted molar refractivity (Wildman–Crippen MR) is 41.0 cm³/mol. The van der Waals surface area contributed by atoms with Crippen molar-refractivity contribution in [2.45, 2.75) is 0 Å². The smallest absolute Gasteiger partial charge is 0.227 e.